The first-order valence-electron chi connectivity index (χ1n) is 4.80. The summed E-state index contributed by atoms with van der Waals surface area (Å²) < 4.78 is 0. The number of halogens is 2. The van der Waals surface area contributed by atoms with Crippen LogP contribution in [-0.2, 0) is 0 Å². The molecule has 1 atom stereocenters. The van der Waals surface area contributed by atoms with E-state index in [1.165, 1.54) is 5.54 Å². The lowest BCUT2D eigenvalue weighted by Gasteiger charge is -2.31. The van der Waals surface area contributed by atoms with E-state index in [4.69, 9.17) is 28.5 Å². The molecule has 1 saturated heterocycles. The predicted octanol–water partition coefficient (Wildman–Crippen LogP) is 2.93. The van der Waals surface area contributed by atoms with Crippen LogP contribution < -0.4 is 0 Å². The molecule has 4 heteroatoms. The highest BCUT2D eigenvalue weighted by atomic mass is 35.5. The highest BCUT2D eigenvalue weighted by Gasteiger charge is 2.19. The Labute approximate surface area is 95.1 Å². The average molecular weight is 233 g/mol. The van der Waals surface area contributed by atoms with Gasteiger partial charge in [0, 0.05) is 30.1 Å². The Morgan fingerprint density at radius 3 is 3.07 bits per heavy atom. The second kappa shape index (κ2) is 6.29. The average Bonchev–Trinajstić information content (AvgIpc) is 2.19. The van der Waals surface area contributed by atoms with Crippen molar-refractivity contribution in [2.45, 2.75) is 19.3 Å². The van der Waals surface area contributed by atoms with E-state index in [1.807, 2.05) is 0 Å². The summed E-state index contributed by atoms with van der Waals surface area (Å²) in [5, 5.41) is 9.28. The van der Waals surface area contributed by atoms with E-state index >= 15 is 0 Å². The lowest BCUT2D eigenvalue weighted by atomic mass is 9.95. The summed E-state index contributed by atoms with van der Waals surface area (Å²) in [5.74, 6) is 0.508. The molecule has 0 aromatic rings. The summed E-state index contributed by atoms with van der Waals surface area (Å²) in [6, 6.07) is 2.22. The third kappa shape index (κ3) is 3.88. The standard InChI is InChI=1S/C10H14Cl2N2/c11-6-10(12)8-14-5-1-2-9(7-14)3-4-13/h6,9H,1-3,5,7-8H2/b10-6+. The lowest BCUT2D eigenvalue weighted by molar-refractivity contribution is 0.192. The Bertz CT molecular complexity index is 245. The second-order valence-electron chi connectivity index (χ2n) is 3.66. The largest absolute Gasteiger partial charge is 0.298 e. The van der Waals surface area contributed by atoms with E-state index in [2.05, 4.69) is 11.0 Å². The van der Waals surface area contributed by atoms with Crippen LogP contribution in [0.25, 0.3) is 0 Å². The molecule has 0 radical (unpaired) electrons. The summed E-state index contributed by atoms with van der Waals surface area (Å²) in [6.45, 7) is 2.74. The van der Waals surface area contributed by atoms with Crippen molar-refractivity contribution in [2.75, 3.05) is 19.6 Å². The van der Waals surface area contributed by atoms with E-state index in [-0.39, 0.29) is 0 Å². The van der Waals surface area contributed by atoms with Crippen molar-refractivity contribution in [3.8, 4) is 6.07 Å². The van der Waals surface area contributed by atoms with Crippen molar-refractivity contribution in [3.05, 3.63) is 10.6 Å². The molecule has 1 heterocycles. The molecular formula is C10H14Cl2N2. The van der Waals surface area contributed by atoms with Crippen LogP contribution in [0, 0.1) is 17.2 Å². The fourth-order valence-corrected chi connectivity index (χ4v) is 2.08. The fourth-order valence-electron chi connectivity index (χ4n) is 1.84. The van der Waals surface area contributed by atoms with Crippen LogP contribution in [0.2, 0.25) is 0 Å². The molecule has 1 aliphatic heterocycles. The summed E-state index contributed by atoms with van der Waals surface area (Å²) in [4.78, 5) is 2.26. The molecule has 0 aromatic heterocycles. The molecule has 1 aliphatic rings. The first-order valence-corrected chi connectivity index (χ1v) is 5.61. The molecule has 0 bridgehead atoms. The zero-order chi connectivity index (χ0) is 10.4. The molecule has 0 aromatic carbocycles. The zero-order valence-corrected chi connectivity index (χ0v) is 9.56. The molecular weight excluding hydrogens is 219 g/mol. The van der Waals surface area contributed by atoms with E-state index in [1.54, 1.807) is 0 Å². The van der Waals surface area contributed by atoms with Crippen molar-refractivity contribution in [1.29, 1.82) is 5.26 Å². The Hall–Kier alpha value is -0.230. The first kappa shape index (κ1) is 11.8. The van der Waals surface area contributed by atoms with Gasteiger partial charge in [0.2, 0.25) is 0 Å². The van der Waals surface area contributed by atoms with Gasteiger partial charge in [-0.15, -0.1) is 0 Å². The molecule has 2 nitrogen and oxygen atoms in total. The van der Waals surface area contributed by atoms with Gasteiger partial charge in [-0.1, -0.05) is 23.2 Å². The van der Waals surface area contributed by atoms with E-state index in [9.17, 15) is 0 Å². The predicted molar refractivity (Wildman–Crippen MR) is 59.2 cm³/mol. The topological polar surface area (TPSA) is 27.0 Å². The van der Waals surface area contributed by atoms with Crippen LogP contribution in [0.3, 0.4) is 0 Å². The Kier molecular flexibility index (Phi) is 5.32. The van der Waals surface area contributed by atoms with Gasteiger partial charge in [-0.2, -0.15) is 5.26 Å². The summed E-state index contributed by atoms with van der Waals surface area (Å²) >= 11 is 11.3. The lowest BCUT2D eigenvalue weighted by Crippen LogP contribution is -2.36. The molecule has 0 saturated carbocycles. The van der Waals surface area contributed by atoms with Crippen LogP contribution in [0.5, 0.6) is 0 Å². The number of piperidine rings is 1. The normalized spacial score (nSPS) is 24.6. The van der Waals surface area contributed by atoms with E-state index < -0.39 is 0 Å². The maximum absolute atomic E-state index is 8.61. The van der Waals surface area contributed by atoms with Gasteiger partial charge >= 0.3 is 0 Å². The summed E-state index contributed by atoms with van der Waals surface area (Å²) in [5.41, 5.74) is 1.41. The minimum Gasteiger partial charge on any atom is -0.298 e. The molecule has 1 fully saturated rings. The Morgan fingerprint density at radius 2 is 2.43 bits per heavy atom. The van der Waals surface area contributed by atoms with Crippen LogP contribution in [0.1, 0.15) is 19.3 Å². The molecule has 0 N–H and O–H groups in total. The minimum atomic E-state index is 0.508. The molecule has 78 valence electrons. The van der Waals surface area contributed by atoms with Crippen LogP contribution >= 0.6 is 23.2 Å². The van der Waals surface area contributed by atoms with Gasteiger partial charge in [0.05, 0.1) is 6.07 Å². The molecule has 14 heavy (non-hydrogen) atoms. The maximum atomic E-state index is 8.61. The molecule has 1 rings (SSSR count). The first-order chi connectivity index (χ1) is 6.76. The summed E-state index contributed by atoms with van der Waals surface area (Å²) in [7, 11) is 0. The second-order valence-corrected chi connectivity index (χ2v) is 4.37. The quantitative estimate of drug-likeness (QED) is 0.749. The third-order valence-electron chi connectivity index (χ3n) is 2.48. The van der Waals surface area contributed by atoms with E-state index in [0.29, 0.717) is 23.9 Å². The van der Waals surface area contributed by atoms with Gasteiger partial charge in [0.1, 0.15) is 0 Å². The van der Waals surface area contributed by atoms with Crippen molar-refractivity contribution in [2.24, 2.45) is 5.92 Å². The van der Waals surface area contributed by atoms with Crippen molar-refractivity contribution in [3.63, 3.8) is 0 Å². The molecule has 0 amide bonds. The number of nitriles is 1. The Balaban J connectivity index is 2.37. The number of hydrogen-bond acceptors (Lipinski definition) is 2. The molecule has 0 spiro atoms. The van der Waals surface area contributed by atoms with Gasteiger partial charge in [0.15, 0.2) is 0 Å². The number of likely N-dealkylation sites (tertiary alicyclic amines) is 1. The van der Waals surface area contributed by atoms with Gasteiger partial charge in [0.25, 0.3) is 0 Å². The minimum absolute atomic E-state index is 0.508. The van der Waals surface area contributed by atoms with Crippen molar-refractivity contribution < 1.29 is 0 Å². The number of nitrogens with zero attached hydrogens (tertiary/aromatic N) is 2. The van der Waals surface area contributed by atoms with Gasteiger partial charge in [-0.25, -0.2) is 0 Å². The van der Waals surface area contributed by atoms with Crippen LogP contribution in [0.15, 0.2) is 10.6 Å². The SMILES string of the molecule is N#CCC1CCCN(C/C(Cl)=C\Cl)C1. The third-order valence-corrected chi connectivity index (χ3v) is 3.08. The molecule has 0 aliphatic carbocycles. The van der Waals surface area contributed by atoms with Crippen LogP contribution in [0.4, 0.5) is 0 Å². The molecule has 1 unspecified atom stereocenters. The van der Waals surface area contributed by atoms with E-state index in [0.717, 1.165) is 25.9 Å². The summed E-state index contributed by atoms with van der Waals surface area (Å²) in [6.07, 6.45) is 2.96. The highest BCUT2D eigenvalue weighted by molar-refractivity contribution is 6.36. The number of hydrogen-bond donors (Lipinski definition) is 0. The van der Waals surface area contributed by atoms with Crippen molar-refractivity contribution in [1.82, 2.24) is 4.90 Å². The number of rotatable bonds is 3. The maximum Gasteiger partial charge on any atom is 0.0625 e. The fraction of sp³-hybridized carbons (Fsp3) is 0.700. The monoisotopic (exact) mass is 232 g/mol. The highest BCUT2D eigenvalue weighted by Crippen LogP contribution is 2.20. The van der Waals surface area contributed by atoms with Crippen molar-refractivity contribution >= 4 is 23.2 Å². The zero-order valence-electron chi connectivity index (χ0n) is 8.05. The van der Waals surface area contributed by atoms with Gasteiger partial charge in [-0.3, -0.25) is 4.90 Å². The van der Waals surface area contributed by atoms with Gasteiger partial charge in [-0.05, 0) is 25.3 Å². The van der Waals surface area contributed by atoms with Gasteiger partial charge < -0.3 is 0 Å². The van der Waals surface area contributed by atoms with Crippen LogP contribution in [-0.4, -0.2) is 24.5 Å². The Morgan fingerprint density at radius 1 is 1.64 bits per heavy atom. The smallest absolute Gasteiger partial charge is 0.0625 e.